The van der Waals surface area contributed by atoms with Crippen molar-refractivity contribution in [3.8, 4) is 0 Å². The van der Waals surface area contributed by atoms with Gasteiger partial charge in [-0.05, 0) is 81.0 Å². The van der Waals surface area contributed by atoms with Crippen molar-refractivity contribution in [3.05, 3.63) is 95.1 Å². The Balaban J connectivity index is 1.50. The van der Waals surface area contributed by atoms with Crippen LogP contribution in [0.1, 0.15) is 46.6 Å². The first kappa shape index (κ1) is 19.4. The molecule has 4 aromatic rings. The zero-order chi connectivity index (χ0) is 21.3. The lowest BCUT2D eigenvalue weighted by molar-refractivity contribution is 0.579. The van der Waals surface area contributed by atoms with Crippen molar-refractivity contribution < 1.29 is 0 Å². The molecule has 4 atom stereocenters. The van der Waals surface area contributed by atoms with Gasteiger partial charge in [-0.1, -0.05) is 86.6 Å². The Hall–Kier alpha value is -2.25. The molecule has 0 heterocycles. The van der Waals surface area contributed by atoms with Crippen LogP contribution in [0.2, 0.25) is 0 Å². The zero-order valence-electron chi connectivity index (χ0n) is 19.1. The van der Waals surface area contributed by atoms with Gasteiger partial charge in [0.25, 0.3) is 0 Å². The predicted molar refractivity (Wildman–Crippen MR) is 139 cm³/mol. The molecule has 0 bridgehead atoms. The van der Waals surface area contributed by atoms with Crippen LogP contribution < -0.4 is 0 Å². The summed E-state index contributed by atoms with van der Waals surface area (Å²) in [7, 11) is -0.901. The number of benzene rings is 4. The molecule has 158 valence electrons. The van der Waals surface area contributed by atoms with E-state index in [1.54, 1.807) is 22.3 Å². The average molecular weight is 425 g/mol. The normalized spacial score (nSPS) is 25.7. The Morgan fingerprint density at radius 1 is 0.581 bits per heavy atom. The fraction of sp³-hybridized carbons (Fsp3) is 0.333. The molecule has 2 aliphatic rings. The van der Waals surface area contributed by atoms with Crippen molar-refractivity contribution in [3.63, 3.8) is 0 Å². The van der Waals surface area contributed by atoms with Crippen LogP contribution in [0, 0.1) is 11.8 Å². The van der Waals surface area contributed by atoms with Crippen molar-refractivity contribution in [1.82, 2.24) is 0 Å². The van der Waals surface area contributed by atoms with E-state index >= 15 is 0 Å². The lowest BCUT2D eigenvalue weighted by atomic mass is 10.0. The summed E-state index contributed by atoms with van der Waals surface area (Å²) < 4.78 is 0. The Labute approximate surface area is 188 Å². The number of fused-ring (bicyclic) bond motifs is 6. The predicted octanol–water partition coefficient (Wildman–Crippen LogP) is 8.22. The first-order valence-corrected chi connectivity index (χ1v) is 14.3. The fourth-order valence-corrected chi connectivity index (χ4v) is 11.8. The molecule has 0 nitrogen and oxygen atoms in total. The number of hydrogen-bond donors (Lipinski definition) is 0. The van der Waals surface area contributed by atoms with E-state index in [1.165, 1.54) is 34.4 Å². The van der Waals surface area contributed by atoms with Crippen LogP contribution in [0.4, 0.5) is 0 Å². The minimum atomic E-state index is -0.901. The van der Waals surface area contributed by atoms with Gasteiger partial charge in [-0.15, -0.1) is 0 Å². The summed E-state index contributed by atoms with van der Waals surface area (Å²) in [6, 6.07) is 27.7. The summed E-state index contributed by atoms with van der Waals surface area (Å²) in [5, 5.41) is 7.11. The number of hydrogen-bond acceptors (Lipinski definition) is 0. The van der Waals surface area contributed by atoms with Crippen LogP contribution in [-0.4, -0.2) is 12.5 Å². The fourth-order valence-electron chi connectivity index (χ4n) is 7.18. The second kappa shape index (κ2) is 6.87. The van der Waals surface area contributed by atoms with E-state index in [1.807, 2.05) is 0 Å². The van der Waals surface area contributed by atoms with E-state index in [2.05, 4.69) is 99.2 Å². The molecule has 31 heavy (non-hydrogen) atoms. The lowest BCUT2D eigenvalue weighted by Crippen LogP contribution is -2.21. The molecule has 2 aliphatic carbocycles. The third-order valence-electron chi connectivity index (χ3n) is 8.16. The molecule has 0 saturated heterocycles. The second-order valence-corrected chi connectivity index (χ2v) is 14.4. The minimum absolute atomic E-state index is 0.678. The summed E-state index contributed by atoms with van der Waals surface area (Å²) in [6.07, 6.45) is 7.74. The highest BCUT2D eigenvalue weighted by atomic mass is 32.3. The van der Waals surface area contributed by atoms with Gasteiger partial charge in [0.1, 0.15) is 0 Å². The molecule has 0 saturated carbocycles. The maximum absolute atomic E-state index is 2.64. The molecule has 0 aromatic heterocycles. The molecule has 0 fully saturated rings. The van der Waals surface area contributed by atoms with Gasteiger partial charge >= 0.3 is 0 Å². The summed E-state index contributed by atoms with van der Waals surface area (Å²) in [4.78, 5) is 0. The van der Waals surface area contributed by atoms with Gasteiger partial charge in [0, 0.05) is 10.5 Å². The average Bonchev–Trinajstić information content (AvgIpc) is 3.30. The quantitative estimate of drug-likeness (QED) is 0.304. The van der Waals surface area contributed by atoms with Gasteiger partial charge in [-0.3, -0.25) is 0 Å². The van der Waals surface area contributed by atoms with Gasteiger partial charge in [0.15, 0.2) is 0 Å². The molecule has 0 N–H and O–H groups in total. The Bertz CT molecular complexity index is 1210. The molecule has 0 spiro atoms. The third kappa shape index (κ3) is 2.75. The van der Waals surface area contributed by atoms with Crippen LogP contribution in [-0.2, 0) is 12.8 Å². The van der Waals surface area contributed by atoms with E-state index in [4.69, 9.17) is 0 Å². The molecule has 3 unspecified atom stereocenters. The SMILES string of the molecule is CC1Cc2c(ccc3ccccc23)C1S(C)(C)C1c2ccc3ccccc3c2C[C@H]1C. The Kier molecular flexibility index (Phi) is 4.31. The molecule has 6 rings (SSSR count). The largest absolute Gasteiger partial charge is 0.233 e. The highest BCUT2D eigenvalue weighted by Crippen LogP contribution is 2.73. The van der Waals surface area contributed by atoms with Crippen molar-refractivity contribution in [1.29, 1.82) is 0 Å². The summed E-state index contributed by atoms with van der Waals surface area (Å²) >= 11 is 0. The first-order chi connectivity index (χ1) is 15.0. The van der Waals surface area contributed by atoms with Gasteiger partial charge in [-0.25, -0.2) is 10.0 Å². The van der Waals surface area contributed by atoms with E-state index in [0.717, 1.165) is 0 Å². The maximum atomic E-state index is 2.64. The molecule has 4 aromatic carbocycles. The van der Waals surface area contributed by atoms with Gasteiger partial charge in [-0.2, -0.15) is 0 Å². The highest BCUT2D eigenvalue weighted by molar-refractivity contribution is 8.33. The van der Waals surface area contributed by atoms with E-state index in [-0.39, 0.29) is 0 Å². The monoisotopic (exact) mass is 424 g/mol. The van der Waals surface area contributed by atoms with Crippen LogP contribution in [0.25, 0.3) is 21.5 Å². The summed E-state index contributed by atoms with van der Waals surface area (Å²) in [5.74, 6) is 1.42. The lowest BCUT2D eigenvalue weighted by Gasteiger charge is -2.48. The van der Waals surface area contributed by atoms with Gasteiger partial charge in [0.05, 0.1) is 0 Å². The molecular formula is C30H32S. The van der Waals surface area contributed by atoms with Crippen LogP contribution in [0.5, 0.6) is 0 Å². The molecule has 0 amide bonds. The minimum Gasteiger partial charge on any atom is -0.233 e. The van der Waals surface area contributed by atoms with Crippen LogP contribution >= 0.6 is 10.0 Å². The van der Waals surface area contributed by atoms with E-state index in [0.29, 0.717) is 22.3 Å². The highest BCUT2D eigenvalue weighted by Gasteiger charge is 2.46. The summed E-state index contributed by atoms with van der Waals surface area (Å²) in [6.45, 7) is 5.02. The van der Waals surface area contributed by atoms with Gasteiger partial charge in [0.2, 0.25) is 0 Å². The summed E-state index contributed by atoms with van der Waals surface area (Å²) in [5.41, 5.74) is 6.54. The van der Waals surface area contributed by atoms with Crippen molar-refractivity contribution >= 4 is 31.6 Å². The standard InChI is InChI=1S/C30H32S/c1-19-17-27-23-11-7-5-9-21(23)13-15-25(27)29(19)31(3,4)30-20(2)18-28-24-12-8-6-10-22(24)14-16-26(28)30/h5-16,19-20,29-30H,17-18H2,1-4H3/t19-,20?,29?,30?/m1/s1. The molecule has 0 radical (unpaired) electrons. The molecular weight excluding hydrogens is 392 g/mol. The van der Waals surface area contributed by atoms with Crippen LogP contribution in [0.3, 0.4) is 0 Å². The van der Waals surface area contributed by atoms with Crippen molar-refractivity contribution in [2.75, 3.05) is 12.5 Å². The van der Waals surface area contributed by atoms with Crippen molar-refractivity contribution in [2.24, 2.45) is 11.8 Å². The first-order valence-electron chi connectivity index (χ1n) is 11.7. The second-order valence-electron chi connectivity index (χ2n) is 10.4. The van der Waals surface area contributed by atoms with E-state index < -0.39 is 10.0 Å². The number of rotatable bonds is 2. The molecule has 0 aliphatic heterocycles. The molecule has 1 heteroatoms. The smallest absolute Gasteiger partial charge is 0.0172 e. The zero-order valence-corrected chi connectivity index (χ0v) is 19.9. The Morgan fingerprint density at radius 3 is 1.45 bits per heavy atom. The van der Waals surface area contributed by atoms with Crippen molar-refractivity contribution in [2.45, 2.75) is 37.2 Å². The Morgan fingerprint density at radius 2 is 1.00 bits per heavy atom. The van der Waals surface area contributed by atoms with Gasteiger partial charge < -0.3 is 0 Å². The maximum Gasteiger partial charge on any atom is 0.0172 e. The van der Waals surface area contributed by atoms with Crippen LogP contribution in [0.15, 0.2) is 72.8 Å². The van der Waals surface area contributed by atoms with E-state index in [9.17, 15) is 0 Å². The third-order valence-corrected chi connectivity index (χ3v) is 12.2. The topological polar surface area (TPSA) is 0 Å².